The lowest BCUT2D eigenvalue weighted by Crippen LogP contribution is -2.38. The van der Waals surface area contributed by atoms with E-state index in [1.807, 2.05) is 42.2 Å². The third-order valence-corrected chi connectivity index (χ3v) is 8.10. The van der Waals surface area contributed by atoms with Crippen LogP contribution in [0.5, 0.6) is 5.75 Å². The van der Waals surface area contributed by atoms with E-state index in [1.54, 1.807) is 37.6 Å². The van der Waals surface area contributed by atoms with Gasteiger partial charge in [-0.1, -0.05) is 37.1 Å². The smallest absolute Gasteiger partial charge is 0.411 e. The van der Waals surface area contributed by atoms with E-state index >= 15 is 0 Å². The summed E-state index contributed by atoms with van der Waals surface area (Å²) in [5, 5.41) is 6.19. The van der Waals surface area contributed by atoms with E-state index in [0.29, 0.717) is 48.0 Å². The van der Waals surface area contributed by atoms with Crippen LogP contribution >= 0.6 is 11.6 Å². The lowest BCUT2D eigenvalue weighted by molar-refractivity contribution is -0.129. The lowest BCUT2D eigenvalue weighted by Gasteiger charge is -2.34. The summed E-state index contributed by atoms with van der Waals surface area (Å²) in [7, 11) is 2.86. The molecule has 0 saturated heterocycles. The number of fused-ring (bicyclic) bond motifs is 4. The number of methoxy groups -OCH3 is 2. The van der Waals surface area contributed by atoms with Crippen LogP contribution < -0.4 is 15.4 Å². The number of nitrogens with zero attached hydrogens (tertiary/aromatic N) is 2. The number of carbonyl (C=O) groups is 3. The van der Waals surface area contributed by atoms with Gasteiger partial charge in [0.25, 0.3) is 0 Å². The summed E-state index contributed by atoms with van der Waals surface area (Å²) >= 11 is 6.35. The first kappa shape index (κ1) is 29.1. The van der Waals surface area contributed by atoms with Gasteiger partial charge in [-0.15, -0.1) is 0 Å². The zero-order valence-electron chi connectivity index (χ0n) is 23.8. The van der Waals surface area contributed by atoms with Gasteiger partial charge in [0, 0.05) is 36.0 Å². The van der Waals surface area contributed by atoms with Crippen LogP contribution in [0.2, 0.25) is 5.02 Å². The van der Waals surface area contributed by atoms with Crippen LogP contribution in [-0.2, 0) is 14.3 Å². The van der Waals surface area contributed by atoms with Gasteiger partial charge in [-0.25, -0.2) is 4.79 Å². The summed E-state index contributed by atoms with van der Waals surface area (Å²) < 4.78 is 9.98. The maximum atomic E-state index is 13.6. The second-order valence-electron chi connectivity index (χ2n) is 10.5. The van der Waals surface area contributed by atoms with E-state index in [1.165, 1.54) is 7.11 Å². The van der Waals surface area contributed by atoms with Gasteiger partial charge in [-0.3, -0.25) is 19.9 Å². The zero-order chi connectivity index (χ0) is 29.8. The maximum Gasteiger partial charge on any atom is 0.411 e. The van der Waals surface area contributed by atoms with Crippen LogP contribution in [-0.4, -0.2) is 48.6 Å². The molecule has 218 valence electrons. The third kappa shape index (κ3) is 6.26. The van der Waals surface area contributed by atoms with Gasteiger partial charge in [0.05, 0.1) is 36.7 Å². The number of halogens is 1. The highest BCUT2D eigenvalue weighted by atomic mass is 35.5. The SMILES string of the molecule is COC(=O)Nc1ccc2c(c1)NC(=O)C(C)CCCC(N1CCC(c3ccc(OC)c(Cl)c3)=CC1=O)c1cc-2ccn1. The fourth-order valence-electron chi connectivity index (χ4n) is 5.47. The summed E-state index contributed by atoms with van der Waals surface area (Å²) in [4.78, 5) is 45.1. The molecule has 9 nitrogen and oxygen atoms in total. The van der Waals surface area contributed by atoms with Crippen molar-refractivity contribution in [3.8, 4) is 16.9 Å². The molecular weight excluding hydrogens is 556 g/mol. The van der Waals surface area contributed by atoms with Gasteiger partial charge in [-0.2, -0.15) is 0 Å². The molecule has 5 rings (SSSR count). The number of pyridine rings is 1. The monoisotopic (exact) mass is 588 g/mol. The van der Waals surface area contributed by atoms with Crippen molar-refractivity contribution in [3.63, 3.8) is 0 Å². The molecule has 2 atom stereocenters. The van der Waals surface area contributed by atoms with Crippen LogP contribution in [0.1, 0.15) is 49.9 Å². The summed E-state index contributed by atoms with van der Waals surface area (Å²) in [6.45, 7) is 2.42. The predicted octanol–water partition coefficient (Wildman–Crippen LogP) is 6.70. The Kier molecular flexibility index (Phi) is 8.77. The minimum atomic E-state index is -0.602. The van der Waals surface area contributed by atoms with Crippen molar-refractivity contribution in [1.82, 2.24) is 9.88 Å². The quantitative estimate of drug-likeness (QED) is 0.351. The number of amides is 3. The van der Waals surface area contributed by atoms with Crippen molar-refractivity contribution < 1.29 is 23.9 Å². The molecule has 2 unspecified atom stereocenters. The molecule has 3 heterocycles. The number of hydrogen-bond acceptors (Lipinski definition) is 6. The second-order valence-corrected chi connectivity index (χ2v) is 10.9. The summed E-state index contributed by atoms with van der Waals surface area (Å²) in [5.41, 5.74) is 5.27. The highest BCUT2D eigenvalue weighted by Gasteiger charge is 2.30. The molecule has 2 aliphatic rings. The van der Waals surface area contributed by atoms with Gasteiger partial charge in [-0.05, 0) is 72.4 Å². The first-order valence-corrected chi connectivity index (χ1v) is 14.3. The van der Waals surface area contributed by atoms with E-state index in [0.717, 1.165) is 34.4 Å². The molecule has 2 aliphatic heterocycles. The van der Waals surface area contributed by atoms with Crippen LogP contribution in [0.25, 0.3) is 16.7 Å². The van der Waals surface area contributed by atoms with Crippen molar-refractivity contribution in [2.24, 2.45) is 5.92 Å². The van der Waals surface area contributed by atoms with Gasteiger partial charge in [0.15, 0.2) is 0 Å². The van der Waals surface area contributed by atoms with Crippen LogP contribution in [0.3, 0.4) is 0 Å². The first-order chi connectivity index (χ1) is 20.3. The molecule has 42 heavy (non-hydrogen) atoms. The Balaban J connectivity index is 1.49. The van der Waals surface area contributed by atoms with Gasteiger partial charge in [0.2, 0.25) is 11.8 Å². The van der Waals surface area contributed by atoms with E-state index in [-0.39, 0.29) is 23.8 Å². The number of carbonyl (C=O) groups excluding carboxylic acids is 3. The zero-order valence-corrected chi connectivity index (χ0v) is 24.5. The minimum Gasteiger partial charge on any atom is -0.495 e. The Hall–Kier alpha value is -4.37. The highest BCUT2D eigenvalue weighted by molar-refractivity contribution is 6.32. The number of hydrogen-bond donors (Lipinski definition) is 2. The molecule has 2 aromatic carbocycles. The fourth-order valence-corrected chi connectivity index (χ4v) is 5.73. The minimum absolute atomic E-state index is 0.0859. The number of anilines is 2. The number of aromatic nitrogens is 1. The number of nitrogens with one attached hydrogen (secondary N) is 2. The lowest BCUT2D eigenvalue weighted by atomic mass is 9.92. The van der Waals surface area contributed by atoms with Crippen molar-refractivity contribution in [3.05, 3.63) is 77.1 Å². The molecule has 0 radical (unpaired) electrons. The Bertz CT molecular complexity index is 1560. The van der Waals surface area contributed by atoms with Crippen LogP contribution in [0.4, 0.5) is 16.2 Å². The number of rotatable bonds is 4. The average Bonchev–Trinajstić information content (AvgIpc) is 2.99. The number of benzene rings is 2. The molecular formula is C32H33ClN4O5. The molecule has 0 fully saturated rings. The molecule has 10 heteroatoms. The Morgan fingerprint density at radius 2 is 1.90 bits per heavy atom. The normalized spacial score (nSPS) is 19.0. The standard InChI is InChI=1S/C32H33ClN4O5/c1-19-5-4-6-28(37-14-12-21(17-30(37)38)20-7-10-29(41-2)25(33)15-20)27-16-22(11-13-34-27)24-9-8-23(35-32(40)42-3)18-26(24)36-31(19)39/h7-11,13,15-19,28H,4-6,12,14H2,1-3H3,(H,35,40)(H,36,39). The highest BCUT2D eigenvalue weighted by Crippen LogP contribution is 2.37. The molecule has 0 aliphatic carbocycles. The summed E-state index contributed by atoms with van der Waals surface area (Å²) in [5.74, 6) is 0.129. The average molecular weight is 589 g/mol. The van der Waals surface area contributed by atoms with Crippen molar-refractivity contribution in [2.45, 2.75) is 38.6 Å². The van der Waals surface area contributed by atoms with Crippen molar-refractivity contribution in [1.29, 1.82) is 0 Å². The first-order valence-electron chi connectivity index (χ1n) is 13.9. The molecule has 3 aromatic rings. The van der Waals surface area contributed by atoms with E-state index < -0.39 is 6.09 Å². The third-order valence-electron chi connectivity index (χ3n) is 7.81. The second kappa shape index (κ2) is 12.7. The van der Waals surface area contributed by atoms with Crippen molar-refractivity contribution >= 4 is 46.5 Å². The Morgan fingerprint density at radius 1 is 1.07 bits per heavy atom. The summed E-state index contributed by atoms with van der Waals surface area (Å²) in [6, 6.07) is 14.4. The maximum absolute atomic E-state index is 13.6. The Morgan fingerprint density at radius 3 is 2.64 bits per heavy atom. The molecule has 0 saturated carbocycles. The molecule has 2 N–H and O–H groups in total. The Labute approximate surface area is 249 Å². The van der Waals surface area contributed by atoms with E-state index in [2.05, 4.69) is 10.6 Å². The largest absolute Gasteiger partial charge is 0.495 e. The molecule has 2 bridgehead atoms. The molecule has 1 aromatic heterocycles. The summed E-state index contributed by atoms with van der Waals surface area (Å²) in [6.07, 6.45) is 5.53. The molecule has 0 spiro atoms. The molecule has 3 amide bonds. The van der Waals surface area contributed by atoms with Gasteiger partial charge >= 0.3 is 6.09 Å². The van der Waals surface area contributed by atoms with E-state index in [4.69, 9.17) is 26.1 Å². The topological polar surface area (TPSA) is 110 Å². The van der Waals surface area contributed by atoms with Crippen molar-refractivity contribution in [2.75, 3.05) is 31.4 Å². The predicted molar refractivity (Wildman–Crippen MR) is 162 cm³/mol. The van der Waals surface area contributed by atoms with E-state index in [9.17, 15) is 14.4 Å². The fraction of sp³-hybridized carbons (Fsp3) is 0.312. The van der Waals surface area contributed by atoms with Gasteiger partial charge in [0.1, 0.15) is 5.75 Å². The van der Waals surface area contributed by atoms with Crippen LogP contribution in [0, 0.1) is 5.92 Å². The number of ether oxygens (including phenoxy) is 2. The van der Waals surface area contributed by atoms with Gasteiger partial charge < -0.3 is 19.7 Å². The van der Waals surface area contributed by atoms with Crippen LogP contribution in [0.15, 0.2) is 60.8 Å².